The minimum atomic E-state index is -0.696. The Balaban J connectivity index is 1.39. The molecule has 0 unspecified atom stereocenters. The molecule has 4 rings (SSSR count). The Morgan fingerprint density at radius 2 is 1.71 bits per heavy atom. The molecule has 1 saturated carbocycles. The summed E-state index contributed by atoms with van der Waals surface area (Å²) in [7, 11) is 1.46. The first-order valence-electron chi connectivity index (χ1n) is 10.6. The maximum atomic E-state index is 12.5. The molecule has 0 amide bonds. The Kier molecular flexibility index (Phi) is 6.46. The van der Waals surface area contributed by atoms with Crippen LogP contribution < -0.4 is 4.74 Å². The summed E-state index contributed by atoms with van der Waals surface area (Å²) < 4.78 is 12.0. The van der Waals surface area contributed by atoms with Crippen molar-refractivity contribution < 1.29 is 19.1 Å². The Morgan fingerprint density at radius 1 is 1.00 bits per heavy atom. The lowest BCUT2D eigenvalue weighted by Gasteiger charge is -2.22. The van der Waals surface area contributed by atoms with Crippen LogP contribution in [0.2, 0.25) is 0 Å². The predicted molar refractivity (Wildman–Crippen MR) is 117 cm³/mol. The van der Waals surface area contributed by atoms with Gasteiger partial charge in [-0.1, -0.05) is 61.7 Å². The van der Waals surface area contributed by atoms with Crippen LogP contribution in [0.3, 0.4) is 0 Å². The Morgan fingerprint density at radius 3 is 2.39 bits per heavy atom. The van der Waals surface area contributed by atoms with Crippen LogP contribution in [0.4, 0.5) is 0 Å². The van der Waals surface area contributed by atoms with Gasteiger partial charge in [0.1, 0.15) is 0 Å². The molecule has 6 heteroatoms. The monoisotopic (exact) mass is 418 g/mol. The van der Waals surface area contributed by atoms with E-state index in [-0.39, 0.29) is 23.8 Å². The van der Waals surface area contributed by atoms with Crippen LogP contribution in [0, 0.1) is 0 Å². The molecule has 0 bridgehead atoms. The number of methoxy groups -OCH3 is 1. The summed E-state index contributed by atoms with van der Waals surface area (Å²) in [4.78, 5) is 25.1. The van der Waals surface area contributed by atoms with Crippen LogP contribution in [-0.2, 0) is 4.74 Å². The number of benzene rings is 2. The summed E-state index contributed by atoms with van der Waals surface area (Å²) in [5.41, 5.74) is 2.64. The molecule has 1 fully saturated rings. The zero-order valence-corrected chi connectivity index (χ0v) is 17.6. The normalized spacial score (nSPS) is 14.2. The molecule has 0 saturated heterocycles. The maximum Gasteiger partial charge on any atom is 0.363 e. The first kappa shape index (κ1) is 20.8. The third kappa shape index (κ3) is 4.85. The van der Waals surface area contributed by atoms with E-state index in [1.165, 1.54) is 44.8 Å². The zero-order valence-electron chi connectivity index (χ0n) is 17.6. The molecule has 0 spiro atoms. The van der Waals surface area contributed by atoms with E-state index in [2.05, 4.69) is 5.10 Å². The van der Waals surface area contributed by atoms with E-state index in [4.69, 9.17) is 9.47 Å². The van der Waals surface area contributed by atoms with Crippen LogP contribution >= 0.6 is 0 Å². The molecule has 1 aliphatic rings. The number of carbonyl (C=O) groups is 2. The average molecular weight is 418 g/mol. The van der Waals surface area contributed by atoms with E-state index < -0.39 is 5.97 Å². The zero-order chi connectivity index (χ0) is 21.6. The van der Waals surface area contributed by atoms with Gasteiger partial charge >= 0.3 is 5.97 Å². The van der Waals surface area contributed by atoms with Crippen molar-refractivity contribution in [2.45, 2.75) is 38.0 Å². The predicted octanol–water partition coefficient (Wildman–Crippen LogP) is 4.97. The van der Waals surface area contributed by atoms with Crippen molar-refractivity contribution in [2.75, 3.05) is 13.7 Å². The van der Waals surface area contributed by atoms with Gasteiger partial charge < -0.3 is 9.47 Å². The van der Waals surface area contributed by atoms with Crippen molar-refractivity contribution in [3.8, 4) is 11.4 Å². The molecule has 0 atom stereocenters. The summed E-state index contributed by atoms with van der Waals surface area (Å²) >= 11 is 0. The van der Waals surface area contributed by atoms with Gasteiger partial charge in [0.25, 0.3) is 0 Å². The number of ketones is 1. The van der Waals surface area contributed by atoms with Gasteiger partial charge in [0.2, 0.25) is 5.69 Å². The van der Waals surface area contributed by atoms with E-state index in [0.29, 0.717) is 11.5 Å². The minimum absolute atomic E-state index is 0.0341. The molecule has 2 aromatic carbocycles. The first-order chi connectivity index (χ1) is 15.2. The molecular weight excluding hydrogens is 392 g/mol. The van der Waals surface area contributed by atoms with Gasteiger partial charge in [-0.2, -0.15) is 5.10 Å². The van der Waals surface area contributed by atoms with Gasteiger partial charge in [0.05, 0.1) is 19.0 Å². The van der Waals surface area contributed by atoms with Crippen molar-refractivity contribution in [1.29, 1.82) is 0 Å². The number of rotatable bonds is 7. The summed E-state index contributed by atoms with van der Waals surface area (Å²) in [6.07, 6.45) is 7.88. The molecule has 160 valence electrons. The van der Waals surface area contributed by atoms with Crippen LogP contribution in [0.25, 0.3) is 5.69 Å². The second-order valence-corrected chi connectivity index (χ2v) is 7.78. The van der Waals surface area contributed by atoms with Gasteiger partial charge in [-0.3, -0.25) is 4.79 Å². The molecule has 1 aliphatic carbocycles. The second-order valence-electron chi connectivity index (χ2n) is 7.78. The van der Waals surface area contributed by atoms with Crippen molar-refractivity contribution in [3.05, 3.63) is 77.6 Å². The van der Waals surface area contributed by atoms with E-state index in [1.807, 2.05) is 54.6 Å². The summed E-state index contributed by atoms with van der Waals surface area (Å²) in [6, 6.07) is 17.1. The highest BCUT2D eigenvalue weighted by molar-refractivity contribution is 5.99. The van der Waals surface area contributed by atoms with Crippen LogP contribution in [-0.4, -0.2) is 35.2 Å². The van der Waals surface area contributed by atoms with Crippen LogP contribution in [0.15, 0.2) is 60.8 Å². The highest BCUT2D eigenvalue weighted by atomic mass is 16.5. The number of ether oxygens (including phenoxy) is 2. The van der Waals surface area contributed by atoms with Gasteiger partial charge in [-0.25, -0.2) is 9.48 Å². The first-order valence-corrected chi connectivity index (χ1v) is 10.6. The number of hydrogen-bond acceptors (Lipinski definition) is 5. The number of Topliss-reactive ketones (excluding diaryl/α,β-unsaturated/α-hetero) is 1. The third-order valence-electron chi connectivity index (χ3n) is 5.76. The van der Waals surface area contributed by atoms with Crippen molar-refractivity contribution in [2.24, 2.45) is 0 Å². The van der Waals surface area contributed by atoms with Gasteiger partial charge in [-0.05, 0) is 36.5 Å². The third-order valence-corrected chi connectivity index (χ3v) is 5.76. The fraction of sp³-hybridized carbons (Fsp3) is 0.320. The lowest BCUT2D eigenvalue weighted by atomic mass is 9.84. The van der Waals surface area contributed by atoms with Gasteiger partial charge in [-0.15, -0.1) is 0 Å². The van der Waals surface area contributed by atoms with E-state index in [1.54, 1.807) is 10.9 Å². The topological polar surface area (TPSA) is 70.4 Å². The summed E-state index contributed by atoms with van der Waals surface area (Å²) in [5.74, 6) is -0.0650. The highest BCUT2D eigenvalue weighted by Crippen LogP contribution is 2.32. The van der Waals surface area contributed by atoms with E-state index >= 15 is 0 Å². The van der Waals surface area contributed by atoms with Gasteiger partial charge in [0, 0.05) is 5.56 Å². The molecule has 1 heterocycles. The highest BCUT2D eigenvalue weighted by Gasteiger charge is 2.21. The standard InChI is InChI=1S/C25H26N2O4/c1-30-23-16-27(21-10-6-3-7-11-21)26-24(23)25(29)31-17-22(28)20-14-12-19(13-15-20)18-8-4-2-5-9-18/h3,6-7,10-16,18H,2,4-5,8-9,17H2,1H3. The fourth-order valence-electron chi connectivity index (χ4n) is 4.02. The SMILES string of the molecule is COc1cn(-c2ccccc2)nc1C(=O)OCC(=O)c1ccc(C2CCCCC2)cc1. The molecule has 1 aromatic heterocycles. The molecule has 3 aromatic rings. The van der Waals surface area contributed by atoms with Crippen molar-refractivity contribution in [3.63, 3.8) is 0 Å². The lowest BCUT2D eigenvalue weighted by Crippen LogP contribution is -2.15. The number of aromatic nitrogens is 2. The quantitative estimate of drug-likeness (QED) is 0.400. The average Bonchev–Trinajstić information content (AvgIpc) is 3.28. The number of nitrogens with zero attached hydrogens (tertiary/aromatic N) is 2. The molecular formula is C25H26N2O4. The van der Waals surface area contributed by atoms with E-state index in [0.717, 1.165) is 5.69 Å². The Labute approximate surface area is 181 Å². The number of esters is 1. The maximum absolute atomic E-state index is 12.5. The minimum Gasteiger partial charge on any atom is -0.493 e. The fourth-order valence-corrected chi connectivity index (χ4v) is 4.02. The second kappa shape index (κ2) is 9.60. The number of para-hydroxylation sites is 1. The largest absolute Gasteiger partial charge is 0.493 e. The summed E-state index contributed by atoms with van der Waals surface area (Å²) in [6.45, 7) is -0.344. The summed E-state index contributed by atoms with van der Waals surface area (Å²) in [5, 5.41) is 4.27. The van der Waals surface area contributed by atoms with Crippen LogP contribution in [0.5, 0.6) is 5.75 Å². The van der Waals surface area contributed by atoms with Crippen molar-refractivity contribution in [1.82, 2.24) is 9.78 Å². The van der Waals surface area contributed by atoms with Crippen molar-refractivity contribution >= 4 is 11.8 Å². The van der Waals surface area contributed by atoms with E-state index in [9.17, 15) is 9.59 Å². The van der Waals surface area contributed by atoms with Crippen LogP contribution in [0.1, 0.15) is 64.4 Å². The Hall–Kier alpha value is -3.41. The molecule has 0 radical (unpaired) electrons. The molecule has 0 N–H and O–H groups in total. The molecule has 0 aliphatic heterocycles. The lowest BCUT2D eigenvalue weighted by molar-refractivity contribution is 0.0465. The smallest absolute Gasteiger partial charge is 0.363 e. The van der Waals surface area contributed by atoms with Gasteiger partial charge in [0.15, 0.2) is 18.1 Å². The molecule has 31 heavy (non-hydrogen) atoms. The Bertz CT molecular complexity index is 1040. The number of hydrogen-bond donors (Lipinski definition) is 0. The number of carbonyl (C=O) groups excluding carboxylic acids is 2. The molecule has 6 nitrogen and oxygen atoms in total.